The molecule has 0 saturated carbocycles. The van der Waals surface area contributed by atoms with Crippen LogP contribution >= 0.6 is 7.82 Å². The fourth-order valence-electron chi connectivity index (χ4n) is 8.79. The molecular formula is C53H109N2O6P. The van der Waals surface area contributed by atoms with Crippen molar-refractivity contribution in [2.24, 2.45) is 5.73 Å². The lowest BCUT2D eigenvalue weighted by molar-refractivity contribution is -0.123. The maximum Gasteiger partial charge on any atom is 0.472 e. The van der Waals surface area contributed by atoms with Gasteiger partial charge in [0.1, 0.15) is 0 Å². The van der Waals surface area contributed by atoms with Crippen molar-refractivity contribution in [1.82, 2.24) is 5.32 Å². The number of rotatable bonds is 53. The summed E-state index contributed by atoms with van der Waals surface area (Å²) in [5.74, 6) is -0.156. The molecule has 372 valence electrons. The van der Waals surface area contributed by atoms with Crippen LogP contribution < -0.4 is 11.1 Å². The van der Waals surface area contributed by atoms with Crippen molar-refractivity contribution in [3.05, 3.63) is 0 Å². The number of unbranched alkanes of at least 4 members (excludes halogenated alkanes) is 41. The van der Waals surface area contributed by atoms with Crippen LogP contribution in [0.25, 0.3) is 0 Å². The number of nitrogens with two attached hydrogens (primary N) is 1. The Morgan fingerprint density at radius 2 is 0.742 bits per heavy atom. The second-order valence-electron chi connectivity index (χ2n) is 19.2. The lowest BCUT2D eigenvalue weighted by Gasteiger charge is -2.25. The van der Waals surface area contributed by atoms with Crippen molar-refractivity contribution >= 4 is 13.7 Å². The lowest BCUT2D eigenvalue weighted by atomic mass is 10.0. The fraction of sp³-hybridized carbons (Fsp3) is 0.981. The summed E-state index contributed by atoms with van der Waals surface area (Å²) in [6, 6.07) is -0.767. The highest BCUT2D eigenvalue weighted by atomic mass is 31.2. The van der Waals surface area contributed by atoms with Crippen molar-refractivity contribution in [2.75, 3.05) is 19.8 Å². The minimum Gasteiger partial charge on any atom is -0.391 e. The first-order valence-corrected chi connectivity index (χ1v) is 29.1. The van der Waals surface area contributed by atoms with Crippen molar-refractivity contribution in [3.8, 4) is 0 Å². The minimum atomic E-state index is -4.31. The molecular weight excluding hydrogens is 792 g/mol. The summed E-state index contributed by atoms with van der Waals surface area (Å²) in [7, 11) is -4.31. The van der Waals surface area contributed by atoms with E-state index in [2.05, 4.69) is 19.2 Å². The van der Waals surface area contributed by atoms with E-state index in [1.165, 1.54) is 238 Å². The summed E-state index contributed by atoms with van der Waals surface area (Å²) in [6.07, 6.45) is 57.6. The number of carbonyl (C=O) groups is 1. The maximum absolute atomic E-state index is 12.8. The Morgan fingerprint density at radius 3 is 1.03 bits per heavy atom. The van der Waals surface area contributed by atoms with Crippen molar-refractivity contribution in [3.63, 3.8) is 0 Å². The second-order valence-corrected chi connectivity index (χ2v) is 20.6. The highest BCUT2D eigenvalue weighted by Gasteiger charge is 2.27. The molecule has 0 aromatic carbocycles. The van der Waals surface area contributed by atoms with Gasteiger partial charge in [0.2, 0.25) is 5.91 Å². The predicted octanol–water partition coefficient (Wildman–Crippen LogP) is 16.5. The van der Waals surface area contributed by atoms with Crippen molar-refractivity contribution in [1.29, 1.82) is 0 Å². The van der Waals surface area contributed by atoms with Gasteiger partial charge < -0.3 is 21.1 Å². The van der Waals surface area contributed by atoms with Gasteiger partial charge in [-0.15, -0.1) is 0 Å². The Hall–Kier alpha value is -0.500. The number of hydrogen-bond acceptors (Lipinski definition) is 6. The van der Waals surface area contributed by atoms with Crippen molar-refractivity contribution in [2.45, 2.75) is 315 Å². The van der Waals surface area contributed by atoms with Crippen molar-refractivity contribution < 1.29 is 28.4 Å². The summed E-state index contributed by atoms with van der Waals surface area (Å²) in [5.41, 5.74) is 5.38. The molecule has 0 aromatic heterocycles. The lowest BCUT2D eigenvalue weighted by Crippen LogP contribution is -2.46. The largest absolute Gasteiger partial charge is 0.472 e. The van der Waals surface area contributed by atoms with Crippen LogP contribution in [0.4, 0.5) is 0 Å². The van der Waals surface area contributed by atoms with Gasteiger partial charge in [0.25, 0.3) is 0 Å². The molecule has 0 fully saturated rings. The molecule has 1 unspecified atom stereocenters. The first-order valence-electron chi connectivity index (χ1n) is 27.7. The van der Waals surface area contributed by atoms with Crippen LogP contribution in [0.3, 0.4) is 0 Å². The molecule has 3 atom stereocenters. The molecule has 0 radical (unpaired) electrons. The molecule has 8 nitrogen and oxygen atoms in total. The van der Waals surface area contributed by atoms with E-state index in [0.717, 1.165) is 38.5 Å². The topological polar surface area (TPSA) is 131 Å². The van der Waals surface area contributed by atoms with Crippen LogP contribution in [-0.2, 0) is 18.4 Å². The summed E-state index contributed by atoms with van der Waals surface area (Å²) < 4.78 is 22.2. The molecule has 0 aliphatic heterocycles. The summed E-state index contributed by atoms with van der Waals surface area (Å²) >= 11 is 0. The number of phosphoric acid groups is 1. The van der Waals surface area contributed by atoms with Crippen LogP contribution in [0.1, 0.15) is 303 Å². The quantitative estimate of drug-likeness (QED) is 0.0353. The van der Waals surface area contributed by atoms with E-state index in [9.17, 15) is 19.4 Å². The van der Waals surface area contributed by atoms with Crippen LogP contribution in [0.2, 0.25) is 0 Å². The van der Waals surface area contributed by atoms with E-state index in [1.807, 2.05) is 0 Å². The number of aliphatic hydroxyl groups is 1. The van der Waals surface area contributed by atoms with Gasteiger partial charge in [-0.25, -0.2) is 4.57 Å². The molecule has 5 N–H and O–H groups in total. The van der Waals surface area contributed by atoms with Crippen LogP contribution in [0.15, 0.2) is 0 Å². The van der Waals surface area contributed by atoms with Gasteiger partial charge in [0.15, 0.2) is 0 Å². The third-order valence-corrected chi connectivity index (χ3v) is 13.9. The van der Waals surface area contributed by atoms with Crippen LogP contribution in [-0.4, -0.2) is 47.8 Å². The number of nitrogens with one attached hydrogen (secondary N) is 1. The molecule has 0 rings (SSSR count). The molecule has 62 heavy (non-hydrogen) atoms. The van der Waals surface area contributed by atoms with E-state index in [-0.39, 0.29) is 25.7 Å². The zero-order valence-corrected chi connectivity index (χ0v) is 42.5. The highest BCUT2D eigenvalue weighted by Crippen LogP contribution is 2.43. The molecule has 1 amide bonds. The first kappa shape index (κ1) is 61.5. The monoisotopic (exact) mass is 901 g/mol. The Bertz CT molecular complexity index is 942. The average Bonchev–Trinajstić information content (AvgIpc) is 3.26. The summed E-state index contributed by atoms with van der Waals surface area (Å²) in [4.78, 5) is 22.7. The molecule has 0 bridgehead atoms. The Morgan fingerprint density at radius 1 is 0.468 bits per heavy atom. The number of hydrogen-bond donors (Lipinski definition) is 4. The molecule has 0 aliphatic carbocycles. The van der Waals surface area contributed by atoms with E-state index < -0.39 is 20.0 Å². The Kier molecular flexibility index (Phi) is 49.5. The van der Waals surface area contributed by atoms with Gasteiger partial charge in [-0.2, -0.15) is 0 Å². The van der Waals surface area contributed by atoms with Gasteiger partial charge in [0.05, 0.1) is 25.4 Å². The van der Waals surface area contributed by atoms with Gasteiger partial charge >= 0.3 is 7.82 Å². The molecule has 0 aromatic rings. The second kappa shape index (κ2) is 49.9. The number of amides is 1. The number of aliphatic hydroxyl groups excluding tert-OH is 1. The molecule has 0 aliphatic rings. The van der Waals surface area contributed by atoms with Crippen LogP contribution in [0, 0.1) is 0 Å². The first-order chi connectivity index (χ1) is 30.4. The standard InChI is InChI=1S/C53H109N2O6P/c1-3-5-7-9-11-13-14-15-16-17-18-19-20-21-22-23-24-25-26-27-28-29-30-31-32-33-34-35-36-37-39-41-43-45-47-53(57)55-51(50-61-62(58,59)60-49-48-54)52(56)46-44-42-40-38-12-10-8-6-4-2/h51-52,56H,3-50,54H2,1-2H3,(H,55,57)(H,58,59)/t51-,52+/m0/s1. The van der Waals surface area contributed by atoms with Crippen LogP contribution in [0.5, 0.6) is 0 Å². The Labute approximate surface area is 386 Å². The normalized spacial score (nSPS) is 13.7. The zero-order valence-electron chi connectivity index (χ0n) is 41.6. The smallest absolute Gasteiger partial charge is 0.391 e. The molecule has 0 heterocycles. The third-order valence-electron chi connectivity index (χ3n) is 13.0. The third kappa shape index (κ3) is 47.5. The highest BCUT2D eigenvalue weighted by molar-refractivity contribution is 7.47. The van der Waals surface area contributed by atoms with E-state index in [1.54, 1.807) is 0 Å². The summed E-state index contributed by atoms with van der Waals surface area (Å²) in [6.45, 7) is 4.23. The zero-order chi connectivity index (χ0) is 45.3. The van der Waals surface area contributed by atoms with E-state index in [0.29, 0.717) is 12.8 Å². The van der Waals surface area contributed by atoms with E-state index in [4.69, 9.17) is 14.8 Å². The van der Waals surface area contributed by atoms with Gasteiger partial charge in [-0.3, -0.25) is 13.8 Å². The maximum atomic E-state index is 12.8. The fourth-order valence-corrected chi connectivity index (χ4v) is 9.55. The molecule has 0 saturated heterocycles. The number of phosphoric ester groups is 1. The van der Waals surface area contributed by atoms with E-state index >= 15 is 0 Å². The predicted molar refractivity (Wildman–Crippen MR) is 268 cm³/mol. The number of carbonyl (C=O) groups excluding carboxylic acids is 1. The molecule has 0 spiro atoms. The van der Waals surface area contributed by atoms with Gasteiger partial charge in [-0.05, 0) is 12.8 Å². The Balaban J connectivity index is 3.68. The van der Waals surface area contributed by atoms with Gasteiger partial charge in [-0.1, -0.05) is 284 Å². The van der Waals surface area contributed by atoms with Gasteiger partial charge in [0, 0.05) is 13.0 Å². The summed E-state index contributed by atoms with van der Waals surface area (Å²) in [5, 5.41) is 13.8. The minimum absolute atomic E-state index is 0.0923. The average molecular weight is 901 g/mol. The SMILES string of the molecule is CCCCCCCCCCCCCCCCCCCCCCCCCCCCCCCCCCCCC(=O)N[C@@H](COP(=O)(O)OCCN)[C@H](O)CCCCCCCCCCC. The molecule has 9 heteroatoms.